The van der Waals surface area contributed by atoms with Crippen LogP contribution in [0.2, 0.25) is 0 Å². The summed E-state index contributed by atoms with van der Waals surface area (Å²) in [5.41, 5.74) is 2.57. The van der Waals surface area contributed by atoms with Gasteiger partial charge in [-0.05, 0) is 17.7 Å². The molecule has 2 aromatic heterocycles. The summed E-state index contributed by atoms with van der Waals surface area (Å²) >= 11 is 1.39. The Morgan fingerprint density at radius 1 is 1.32 bits per heavy atom. The van der Waals surface area contributed by atoms with Crippen LogP contribution < -0.4 is 5.32 Å². The van der Waals surface area contributed by atoms with Crippen molar-refractivity contribution in [3.05, 3.63) is 53.6 Å². The van der Waals surface area contributed by atoms with Crippen molar-refractivity contribution in [3.8, 4) is 0 Å². The molecule has 0 fully saturated rings. The fourth-order valence-corrected chi connectivity index (χ4v) is 2.65. The maximum Gasteiger partial charge on any atom is 0.309 e. The molecule has 0 unspecified atom stereocenters. The van der Waals surface area contributed by atoms with E-state index in [2.05, 4.69) is 20.4 Å². The molecule has 1 aromatic carbocycles. The maximum atomic E-state index is 10.6. The number of nitrogens with zero attached hydrogens (tertiary/aromatic N) is 4. The molecule has 3 aromatic rings. The molecule has 0 atom stereocenters. The van der Waals surface area contributed by atoms with E-state index in [9.17, 15) is 4.79 Å². The normalized spacial score (nSPS) is 10.5. The maximum absolute atomic E-state index is 10.6. The molecule has 0 saturated carbocycles. The summed E-state index contributed by atoms with van der Waals surface area (Å²) in [5, 5.41) is 18.4. The van der Waals surface area contributed by atoms with Crippen LogP contribution >= 0.6 is 11.3 Å². The van der Waals surface area contributed by atoms with Crippen molar-refractivity contribution in [2.24, 2.45) is 0 Å². The van der Waals surface area contributed by atoms with Gasteiger partial charge in [0.2, 0.25) is 0 Å². The average Bonchev–Trinajstić information content (AvgIpc) is 3.13. The van der Waals surface area contributed by atoms with Crippen molar-refractivity contribution >= 4 is 28.1 Å². The summed E-state index contributed by atoms with van der Waals surface area (Å²) in [4.78, 5) is 18.8. The summed E-state index contributed by atoms with van der Waals surface area (Å²) in [6, 6.07) is 7.89. The number of anilines is 2. The van der Waals surface area contributed by atoms with Crippen molar-refractivity contribution in [3.63, 3.8) is 0 Å². The van der Waals surface area contributed by atoms with Gasteiger partial charge in [0.1, 0.15) is 12.7 Å². The third kappa shape index (κ3) is 3.67. The number of carboxylic acid groups (broad SMARTS) is 1. The van der Waals surface area contributed by atoms with Gasteiger partial charge in [0.25, 0.3) is 0 Å². The zero-order valence-electron chi connectivity index (χ0n) is 11.5. The van der Waals surface area contributed by atoms with Gasteiger partial charge in [0.05, 0.1) is 18.7 Å². The largest absolute Gasteiger partial charge is 0.481 e. The van der Waals surface area contributed by atoms with E-state index in [1.54, 1.807) is 16.4 Å². The average molecular weight is 315 g/mol. The number of benzene rings is 1. The Morgan fingerprint density at radius 3 is 2.82 bits per heavy atom. The van der Waals surface area contributed by atoms with Crippen molar-refractivity contribution in [1.29, 1.82) is 0 Å². The van der Waals surface area contributed by atoms with Gasteiger partial charge in [-0.1, -0.05) is 12.1 Å². The van der Waals surface area contributed by atoms with E-state index in [1.807, 2.05) is 24.3 Å². The van der Waals surface area contributed by atoms with Crippen molar-refractivity contribution in [2.75, 3.05) is 5.32 Å². The minimum Gasteiger partial charge on any atom is -0.481 e. The third-order valence-electron chi connectivity index (χ3n) is 2.90. The van der Waals surface area contributed by atoms with E-state index in [0.29, 0.717) is 17.4 Å². The lowest BCUT2D eigenvalue weighted by molar-refractivity contribution is -0.136. The van der Waals surface area contributed by atoms with Crippen LogP contribution in [-0.4, -0.2) is 30.8 Å². The van der Waals surface area contributed by atoms with Crippen LogP contribution in [0.4, 0.5) is 10.8 Å². The zero-order chi connectivity index (χ0) is 15.4. The molecule has 0 amide bonds. The molecule has 2 heterocycles. The van der Waals surface area contributed by atoms with Crippen LogP contribution in [0.1, 0.15) is 11.3 Å². The predicted octanol–water partition coefficient (Wildman–Crippen LogP) is 2.15. The summed E-state index contributed by atoms with van der Waals surface area (Å²) in [6.45, 7) is 0.667. The number of carbonyl (C=O) groups is 1. The first kappa shape index (κ1) is 14.2. The number of rotatable bonds is 6. The van der Waals surface area contributed by atoms with E-state index < -0.39 is 5.97 Å². The Kier molecular flexibility index (Phi) is 4.10. The Morgan fingerprint density at radius 2 is 2.14 bits per heavy atom. The SMILES string of the molecule is O=C(O)Cc1csc(Nc2ccc(Cn3cncn3)cc2)n1. The monoisotopic (exact) mass is 315 g/mol. The highest BCUT2D eigenvalue weighted by atomic mass is 32.1. The van der Waals surface area contributed by atoms with Gasteiger partial charge in [-0.3, -0.25) is 4.79 Å². The summed E-state index contributed by atoms with van der Waals surface area (Å²) in [7, 11) is 0. The van der Waals surface area contributed by atoms with Crippen molar-refractivity contribution in [1.82, 2.24) is 19.7 Å². The molecule has 0 aliphatic rings. The molecule has 7 nitrogen and oxygen atoms in total. The molecule has 0 spiro atoms. The van der Waals surface area contributed by atoms with E-state index in [0.717, 1.165) is 11.3 Å². The van der Waals surface area contributed by atoms with Crippen molar-refractivity contribution in [2.45, 2.75) is 13.0 Å². The minimum absolute atomic E-state index is 0.0605. The second kappa shape index (κ2) is 6.35. The van der Waals surface area contributed by atoms with Crippen molar-refractivity contribution < 1.29 is 9.90 Å². The molecule has 2 N–H and O–H groups in total. The van der Waals surface area contributed by atoms with Crippen LogP contribution in [0.5, 0.6) is 0 Å². The molecular weight excluding hydrogens is 302 g/mol. The number of hydrogen-bond donors (Lipinski definition) is 2. The van der Waals surface area contributed by atoms with Crippen LogP contribution in [0, 0.1) is 0 Å². The number of hydrogen-bond acceptors (Lipinski definition) is 6. The predicted molar refractivity (Wildman–Crippen MR) is 82.3 cm³/mol. The summed E-state index contributed by atoms with van der Waals surface area (Å²) < 4.78 is 1.75. The lowest BCUT2D eigenvalue weighted by Gasteiger charge is -2.05. The second-order valence-corrected chi connectivity index (χ2v) is 5.49. The fraction of sp³-hybridized carbons (Fsp3) is 0.143. The first-order valence-corrected chi connectivity index (χ1v) is 7.41. The molecule has 22 heavy (non-hydrogen) atoms. The fourth-order valence-electron chi connectivity index (χ4n) is 1.92. The first-order chi connectivity index (χ1) is 10.7. The molecule has 0 aliphatic heterocycles. The zero-order valence-corrected chi connectivity index (χ0v) is 12.3. The number of nitrogens with one attached hydrogen (secondary N) is 1. The molecular formula is C14H13N5O2S. The highest BCUT2D eigenvalue weighted by Crippen LogP contribution is 2.21. The minimum atomic E-state index is -0.880. The van der Waals surface area contributed by atoms with Gasteiger partial charge in [0.15, 0.2) is 5.13 Å². The van der Waals surface area contributed by atoms with E-state index >= 15 is 0 Å². The lowest BCUT2D eigenvalue weighted by atomic mass is 10.2. The van der Waals surface area contributed by atoms with Gasteiger partial charge in [-0.15, -0.1) is 11.3 Å². The Bertz CT molecular complexity index is 752. The molecule has 8 heteroatoms. The topological polar surface area (TPSA) is 92.9 Å². The summed E-state index contributed by atoms with van der Waals surface area (Å²) in [5.74, 6) is -0.880. The lowest BCUT2D eigenvalue weighted by Crippen LogP contribution is -2.01. The van der Waals surface area contributed by atoms with Crippen LogP contribution in [0.25, 0.3) is 0 Å². The Labute approximate surface area is 130 Å². The standard InChI is InChI=1S/C14H13N5O2S/c20-13(21)5-12-7-22-14(18-12)17-11-3-1-10(2-4-11)6-19-9-15-8-16-19/h1-4,7-9H,5-6H2,(H,17,18)(H,20,21). The van der Waals surface area contributed by atoms with Gasteiger partial charge in [-0.2, -0.15) is 5.10 Å². The highest BCUT2D eigenvalue weighted by Gasteiger charge is 2.06. The van der Waals surface area contributed by atoms with Crippen LogP contribution in [0.15, 0.2) is 42.3 Å². The van der Waals surface area contributed by atoms with Gasteiger partial charge < -0.3 is 10.4 Å². The third-order valence-corrected chi connectivity index (χ3v) is 3.71. The number of thiazole rings is 1. The second-order valence-electron chi connectivity index (χ2n) is 4.63. The Hall–Kier alpha value is -2.74. The van der Waals surface area contributed by atoms with Gasteiger partial charge >= 0.3 is 5.97 Å². The first-order valence-electron chi connectivity index (χ1n) is 6.53. The van der Waals surface area contributed by atoms with E-state index in [-0.39, 0.29) is 6.42 Å². The molecule has 0 radical (unpaired) electrons. The van der Waals surface area contributed by atoms with Crippen LogP contribution in [0.3, 0.4) is 0 Å². The Balaban J connectivity index is 1.63. The smallest absolute Gasteiger partial charge is 0.309 e. The quantitative estimate of drug-likeness (QED) is 0.724. The van der Waals surface area contributed by atoms with E-state index in [4.69, 9.17) is 5.11 Å². The van der Waals surface area contributed by atoms with Gasteiger partial charge in [0, 0.05) is 11.1 Å². The summed E-state index contributed by atoms with van der Waals surface area (Å²) in [6.07, 6.45) is 3.12. The molecule has 0 bridgehead atoms. The molecule has 3 rings (SSSR count). The molecule has 0 aliphatic carbocycles. The number of aromatic nitrogens is 4. The van der Waals surface area contributed by atoms with E-state index in [1.165, 1.54) is 17.7 Å². The highest BCUT2D eigenvalue weighted by molar-refractivity contribution is 7.13. The molecule has 0 saturated heterocycles. The number of carboxylic acids is 1. The number of aliphatic carboxylic acids is 1. The molecule has 112 valence electrons. The van der Waals surface area contributed by atoms with Crippen LogP contribution in [-0.2, 0) is 17.8 Å². The van der Waals surface area contributed by atoms with Gasteiger partial charge in [-0.25, -0.2) is 14.6 Å².